The highest BCUT2D eigenvalue weighted by Gasteiger charge is 2.25. The van der Waals surface area contributed by atoms with Crippen LogP contribution in [0.2, 0.25) is 0 Å². The molecule has 1 aromatic heterocycles. The van der Waals surface area contributed by atoms with E-state index in [-0.39, 0.29) is 6.09 Å². The Kier molecular flexibility index (Phi) is 3.66. The van der Waals surface area contributed by atoms with Crippen molar-refractivity contribution in [3.8, 4) is 0 Å². The van der Waals surface area contributed by atoms with Gasteiger partial charge < -0.3 is 9.64 Å². The predicted molar refractivity (Wildman–Crippen MR) is 71.2 cm³/mol. The molecule has 0 saturated heterocycles. The van der Waals surface area contributed by atoms with E-state index in [0.29, 0.717) is 13.1 Å². The maximum atomic E-state index is 12.0. The Morgan fingerprint density at radius 1 is 1.44 bits per heavy atom. The van der Waals surface area contributed by atoms with Gasteiger partial charge in [0.2, 0.25) is 0 Å². The summed E-state index contributed by atoms with van der Waals surface area (Å²) >= 11 is 3.36. The number of amides is 1. The van der Waals surface area contributed by atoms with Crippen molar-refractivity contribution in [2.75, 3.05) is 6.54 Å². The van der Waals surface area contributed by atoms with Crippen LogP contribution in [0.1, 0.15) is 32.9 Å². The third-order valence-electron chi connectivity index (χ3n) is 2.64. The number of aryl methyl sites for hydroxylation is 1. The van der Waals surface area contributed by atoms with E-state index >= 15 is 0 Å². The standard InChI is InChI=1S/C12H18BrN3O2/c1-12(2,3)18-11(17)15-5-4-6-16-9(8-15)7-10(13)14-16/h7H,4-6,8H2,1-3H3. The summed E-state index contributed by atoms with van der Waals surface area (Å²) in [6.45, 7) is 7.72. The van der Waals surface area contributed by atoms with Crippen LogP contribution in [0.25, 0.3) is 0 Å². The summed E-state index contributed by atoms with van der Waals surface area (Å²) in [5.41, 5.74) is 0.578. The van der Waals surface area contributed by atoms with E-state index in [0.717, 1.165) is 23.3 Å². The zero-order valence-electron chi connectivity index (χ0n) is 10.9. The number of ether oxygens (including phenoxy) is 1. The fourth-order valence-electron chi connectivity index (χ4n) is 1.91. The lowest BCUT2D eigenvalue weighted by atomic mass is 10.2. The molecular weight excluding hydrogens is 298 g/mol. The molecule has 2 heterocycles. The number of carbonyl (C=O) groups is 1. The highest BCUT2D eigenvalue weighted by atomic mass is 79.9. The van der Waals surface area contributed by atoms with Crippen molar-refractivity contribution in [2.24, 2.45) is 0 Å². The Hall–Kier alpha value is -1.04. The van der Waals surface area contributed by atoms with Crippen molar-refractivity contribution in [2.45, 2.75) is 45.9 Å². The molecule has 2 rings (SSSR count). The molecule has 0 fully saturated rings. The van der Waals surface area contributed by atoms with Crippen LogP contribution in [0, 0.1) is 0 Å². The quantitative estimate of drug-likeness (QED) is 0.739. The number of hydrogen-bond acceptors (Lipinski definition) is 3. The maximum absolute atomic E-state index is 12.0. The first kappa shape index (κ1) is 13.4. The first-order valence-corrected chi connectivity index (χ1v) is 6.84. The van der Waals surface area contributed by atoms with Gasteiger partial charge in [-0.05, 0) is 49.2 Å². The lowest BCUT2D eigenvalue weighted by molar-refractivity contribution is 0.0236. The smallest absolute Gasteiger partial charge is 0.410 e. The van der Waals surface area contributed by atoms with Crippen LogP contribution in [0.15, 0.2) is 10.7 Å². The van der Waals surface area contributed by atoms with Crippen molar-refractivity contribution in [1.29, 1.82) is 0 Å². The van der Waals surface area contributed by atoms with Gasteiger partial charge in [0.15, 0.2) is 0 Å². The maximum Gasteiger partial charge on any atom is 0.410 e. The fraction of sp³-hybridized carbons (Fsp3) is 0.667. The minimum atomic E-state index is -0.454. The van der Waals surface area contributed by atoms with Gasteiger partial charge in [0, 0.05) is 13.1 Å². The van der Waals surface area contributed by atoms with Gasteiger partial charge in [-0.3, -0.25) is 4.68 Å². The van der Waals surface area contributed by atoms with Crippen molar-refractivity contribution in [3.63, 3.8) is 0 Å². The molecule has 0 bridgehead atoms. The highest BCUT2D eigenvalue weighted by molar-refractivity contribution is 9.10. The summed E-state index contributed by atoms with van der Waals surface area (Å²) in [6.07, 6.45) is 0.633. The van der Waals surface area contributed by atoms with Gasteiger partial charge in [0.25, 0.3) is 0 Å². The average Bonchev–Trinajstić information content (AvgIpc) is 2.43. The molecule has 5 nitrogen and oxygen atoms in total. The second-order valence-corrected chi connectivity index (χ2v) is 6.25. The predicted octanol–water partition coefficient (Wildman–Crippen LogP) is 2.79. The first-order chi connectivity index (χ1) is 8.35. The molecule has 1 amide bonds. The summed E-state index contributed by atoms with van der Waals surface area (Å²) in [5, 5.41) is 4.33. The zero-order valence-corrected chi connectivity index (χ0v) is 12.5. The minimum absolute atomic E-state index is 0.256. The van der Waals surface area contributed by atoms with Gasteiger partial charge in [-0.2, -0.15) is 5.10 Å². The van der Waals surface area contributed by atoms with Gasteiger partial charge in [-0.25, -0.2) is 4.79 Å². The molecule has 0 spiro atoms. The zero-order chi connectivity index (χ0) is 13.3. The molecule has 0 atom stereocenters. The molecule has 100 valence electrons. The molecule has 0 saturated carbocycles. The van der Waals surface area contributed by atoms with Gasteiger partial charge in [-0.15, -0.1) is 0 Å². The largest absolute Gasteiger partial charge is 0.444 e. The summed E-state index contributed by atoms with van der Waals surface area (Å²) in [5.74, 6) is 0. The van der Waals surface area contributed by atoms with Crippen LogP contribution >= 0.6 is 15.9 Å². The van der Waals surface area contributed by atoms with Gasteiger partial charge in [-0.1, -0.05) is 0 Å². The molecule has 0 aromatic carbocycles. The second kappa shape index (κ2) is 4.91. The molecular formula is C12H18BrN3O2. The number of rotatable bonds is 0. The average molecular weight is 316 g/mol. The molecule has 0 unspecified atom stereocenters. The van der Waals surface area contributed by atoms with Crippen LogP contribution in [-0.2, 0) is 17.8 Å². The van der Waals surface area contributed by atoms with Crippen molar-refractivity contribution < 1.29 is 9.53 Å². The highest BCUT2D eigenvalue weighted by Crippen LogP contribution is 2.19. The Bertz CT molecular complexity index is 451. The fourth-order valence-corrected chi connectivity index (χ4v) is 2.37. The van der Waals surface area contributed by atoms with Crippen LogP contribution in [0.3, 0.4) is 0 Å². The van der Waals surface area contributed by atoms with Gasteiger partial charge in [0.1, 0.15) is 10.2 Å². The number of hydrogen-bond donors (Lipinski definition) is 0. The molecule has 1 aliphatic rings. The van der Waals surface area contributed by atoms with E-state index in [4.69, 9.17) is 4.74 Å². The van der Waals surface area contributed by atoms with Crippen molar-refractivity contribution in [3.05, 3.63) is 16.4 Å². The Morgan fingerprint density at radius 2 is 2.17 bits per heavy atom. The molecule has 1 aromatic rings. The van der Waals surface area contributed by atoms with E-state index in [1.165, 1.54) is 0 Å². The number of carbonyl (C=O) groups excluding carboxylic acids is 1. The molecule has 18 heavy (non-hydrogen) atoms. The Labute approximate surface area is 115 Å². The lowest BCUT2D eigenvalue weighted by Crippen LogP contribution is -2.36. The third kappa shape index (κ3) is 3.25. The number of halogens is 1. The van der Waals surface area contributed by atoms with E-state index in [1.807, 2.05) is 31.5 Å². The van der Waals surface area contributed by atoms with E-state index < -0.39 is 5.60 Å². The van der Waals surface area contributed by atoms with E-state index in [1.54, 1.807) is 4.90 Å². The van der Waals surface area contributed by atoms with E-state index in [9.17, 15) is 4.79 Å². The Balaban J connectivity index is 2.09. The second-order valence-electron chi connectivity index (χ2n) is 5.44. The summed E-state index contributed by atoms with van der Waals surface area (Å²) in [7, 11) is 0. The molecule has 6 heteroatoms. The molecule has 1 aliphatic heterocycles. The Morgan fingerprint density at radius 3 is 2.83 bits per heavy atom. The monoisotopic (exact) mass is 315 g/mol. The van der Waals surface area contributed by atoms with Crippen LogP contribution in [0.5, 0.6) is 0 Å². The third-order valence-corrected chi connectivity index (χ3v) is 3.02. The molecule has 0 aliphatic carbocycles. The lowest BCUT2D eigenvalue weighted by Gasteiger charge is -2.26. The normalized spacial score (nSPS) is 16.1. The number of fused-ring (bicyclic) bond motifs is 1. The van der Waals surface area contributed by atoms with Crippen molar-refractivity contribution in [1.82, 2.24) is 14.7 Å². The molecule has 0 radical (unpaired) electrons. The SMILES string of the molecule is CC(C)(C)OC(=O)N1CCCn2nc(Br)cc2C1. The van der Waals surface area contributed by atoms with Crippen LogP contribution in [0.4, 0.5) is 4.79 Å². The van der Waals surface area contributed by atoms with Gasteiger partial charge >= 0.3 is 6.09 Å². The van der Waals surface area contributed by atoms with Crippen molar-refractivity contribution >= 4 is 22.0 Å². The summed E-state index contributed by atoms with van der Waals surface area (Å²) < 4.78 is 8.15. The van der Waals surface area contributed by atoms with Gasteiger partial charge in [0.05, 0.1) is 12.2 Å². The van der Waals surface area contributed by atoms with E-state index in [2.05, 4.69) is 21.0 Å². The topological polar surface area (TPSA) is 47.4 Å². The summed E-state index contributed by atoms with van der Waals surface area (Å²) in [6, 6.07) is 1.95. The molecule has 0 N–H and O–H groups in total. The number of aromatic nitrogens is 2. The van der Waals surface area contributed by atoms with Crippen LogP contribution < -0.4 is 0 Å². The van der Waals surface area contributed by atoms with Crippen LogP contribution in [-0.4, -0.2) is 32.9 Å². The first-order valence-electron chi connectivity index (χ1n) is 6.05. The minimum Gasteiger partial charge on any atom is -0.444 e. The summed E-state index contributed by atoms with van der Waals surface area (Å²) in [4.78, 5) is 13.8. The number of nitrogens with zero attached hydrogens (tertiary/aromatic N) is 3.